The Morgan fingerprint density at radius 2 is 1.79 bits per heavy atom. The van der Waals surface area contributed by atoms with Gasteiger partial charge in [-0.3, -0.25) is 4.79 Å². The fourth-order valence-electron chi connectivity index (χ4n) is 2.99. The third-order valence-corrected chi connectivity index (χ3v) is 6.08. The van der Waals surface area contributed by atoms with E-state index in [9.17, 15) is 26.4 Å². The molecule has 136 valence electrons. The predicted molar refractivity (Wildman–Crippen MR) is 81.3 cm³/mol. The Kier molecular flexibility index (Phi) is 5.74. The van der Waals surface area contributed by atoms with Gasteiger partial charge in [-0.1, -0.05) is 6.08 Å². The second-order valence-corrected chi connectivity index (χ2v) is 7.78. The molecule has 2 aliphatic rings. The SMILES string of the molecule is COC(=O)C1CCC(NS(=O)(=O)C2=CC=C(C(F)(F)F)CC2)CC1. The van der Waals surface area contributed by atoms with Crippen molar-refractivity contribution in [3.8, 4) is 0 Å². The maximum atomic E-state index is 12.6. The molecule has 0 heterocycles. The molecule has 2 aliphatic carbocycles. The van der Waals surface area contributed by atoms with E-state index in [0.29, 0.717) is 25.7 Å². The van der Waals surface area contributed by atoms with Gasteiger partial charge >= 0.3 is 12.1 Å². The van der Waals surface area contributed by atoms with Crippen molar-refractivity contribution in [2.24, 2.45) is 5.92 Å². The number of allylic oxidation sites excluding steroid dienone is 4. The number of sulfonamides is 1. The maximum absolute atomic E-state index is 12.6. The fraction of sp³-hybridized carbons (Fsp3) is 0.667. The highest BCUT2D eigenvalue weighted by molar-refractivity contribution is 7.93. The van der Waals surface area contributed by atoms with E-state index < -0.39 is 21.8 Å². The minimum absolute atomic E-state index is 0.0365. The number of halogens is 3. The Balaban J connectivity index is 1.97. The van der Waals surface area contributed by atoms with Gasteiger partial charge in [0.2, 0.25) is 10.0 Å². The Bertz CT molecular complexity index is 644. The molecule has 0 spiro atoms. The number of carbonyl (C=O) groups excluding carboxylic acids is 1. The van der Waals surface area contributed by atoms with Crippen LogP contribution >= 0.6 is 0 Å². The molecular weight excluding hydrogens is 347 g/mol. The van der Waals surface area contributed by atoms with Gasteiger partial charge < -0.3 is 4.74 Å². The zero-order valence-corrected chi connectivity index (χ0v) is 14.0. The molecule has 1 N–H and O–H groups in total. The normalized spacial score (nSPS) is 25.7. The standard InChI is InChI=1S/C15H20F3NO4S/c1-23-14(20)10-2-6-12(7-3-10)19-24(21,22)13-8-4-11(5-9-13)15(16,17)18/h4,8,10,12,19H,2-3,5-7,9H2,1H3. The Morgan fingerprint density at radius 1 is 1.17 bits per heavy atom. The number of hydrogen-bond donors (Lipinski definition) is 1. The summed E-state index contributed by atoms with van der Waals surface area (Å²) in [5, 5.41) is 0. The van der Waals surface area contributed by atoms with Crippen molar-refractivity contribution in [2.75, 3.05) is 7.11 Å². The molecule has 0 amide bonds. The lowest BCUT2D eigenvalue weighted by molar-refractivity contribution is -0.146. The van der Waals surface area contributed by atoms with Crippen LogP contribution in [0.3, 0.4) is 0 Å². The molecule has 0 atom stereocenters. The van der Waals surface area contributed by atoms with E-state index in [1.165, 1.54) is 7.11 Å². The summed E-state index contributed by atoms with van der Waals surface area (Å²) in [5.41, 5.74) is -0.722. The molecule has 1 saturated carbocycles. The van der Waals surface area contributed by atoms with E-state index in [4.69, 9.17) is 0 Å². The van der Waals surface area contributed by atoms with Gasteiger partial charge in [-0.25, -0.2) is 13.1 Å². The average Bonchev–Trinajstić information content (AvgIpc) is 2.54. The summed E-state index contributed by atoms with van der Waals surface area (Å²) in [6.07, 6.45) is -1.05. The molecule has 0 aliphatic heterocycles. The van der Waals surface area contributed by atoms with Gasteiger partial charge in [0.15, 0.2) is 0 Å². The summed E-state index contributed by atoms with van der Waals surface area (Å²) in [7, 11) is -2.50. The van der Waals surface area contributed by atoms with E-state index in [2.05, 4.69) is 9.46 Å². The predicted octanol–water partition coefficient (Wildman–Crippen LogP) is 2.80. The highest BCUT2D eigenvalue weighted by Crippen LogP contribution is 2.34. The molecule has 24 heavy (non-hydrogen) atoms. The van der Waals surface area contributed by atoms with Crippen molar-refractivity contribution in [3.05, 3.63) is 22.6 Å². The smallest absolute Gasteiger partial charge is 0.412 e. The molecule has 0 aromatic rings. The fourth-order valence-corrected chi connectivity index (χ4v) is 4.43. The minimum Gasteiger partial charge on any atom is -0.469 e. The summed E-state index contributed by atoms with van der Waals surface area (Å²) in [6, 6.07) is -0.315. The number of esters is 1. The molecule has 1 fully saturated rings. The second kappa shape index (κ2) is 7.26. The largest absolute Gasteiger partial charge is 0.469 e. The molecule has 9 heteroatoms. The number of methoxy groups -OCH3 is 1. The topological polar surface area (TPSA) is 72.5 Å². The number of ether oxygens (including phenoxy) is 1. The van der Waals surface area contributed by atoms with E-state index in [-0.39, 0.29) is 35.7 Å². The number of rotatable bonds is 4. The van der Waals surface area contributed by atoms with Crippen LogP contribution in [0, 0.1) is 5.92 Å². The molecule has 0 unspecified atom stereocenters. The van der Waals surface area contributed by atoms with Gasteiger partial charge in [0, 0.05) is 11.6 Å². The quantitative estimate of drug-likeness (QED) is 0.776. The first-order chi connectivity index (χ1) is 11.1. The van der Waals surface area contributed by atoms with Crippen LogP contribution in [0.2, 0.25) is 0 Å². The first-order valence-corrected chi connectivity index (χ1v) is 9.19. The van der Waals surface area contributed by atoms with E-state index in [0.717, 1.165) is 12.2 Å². The van der Waals surface area contributed by atoms with Crippen LogP contribution in [0.25, 0.3) is 0 Å². The number of nitrogens with one attached hydrogen (secondary N) is 1. The van der Waals surface area contributed by atoms with Crippen LogP contribution < -0.4 is 4.72 Å². The van der Waals surface area contributed by atoms with Crippen molar-refractivity contribution in [3.63, 3.8) is 0 Å². The van der Waals surface area contributed by atoms with Crippen molar-refractivity contribution in [1.82, 2.24) is 4.72 Å². The van der Waals surface area contributed by atoms with Crippen LogP contribution in [-0.2, 0) is 19.6 Å². The van der Waals surface area contributed by atoms with Gasteiger partial charge in [0.05, 0.1) is 17.9 Å². The molecular formula is C15H20F3NO4S. The zero-order valence-electron chi connectivity index (χ0n) is 13.2. The van der Waals surface area contributed by atoms with Gasteiger partial charge in [-0.15, -0.1) is 0 Å². The molecule has 0 aromatic carbocycles. The van der Waals surface area contributed by atoms with Gasteiger partial charge in [-0.2, -0.15) is 13.2 Å². The first-order valence-electron chi connectivity index (χ1n) is 7.70. The third-order valence-electron chi connectivity index (χ3n) is 4.40. The Labute approximate surface area is 139 Å². The van der Waals surface area contributed by atoms with Gasteiger partial charge in [0.1, 0.15) is 0 Å². The second-order valence-electron chi connectivity index (χ2n) is 6.02. The summed E-state index contributed by atoms with van der Waals surface area (Å²) < 4.78 is 69.5. The lowest BCUT2D eigenvalue weighted by atomic mass is 9.86. The molecule has 2 rings (SSSR count). The lowest BCUT2D eigenvalue weighted by Crippen LogP contribution is -2.39. The highest BCUT2D eigenvalue weighted by atomic mass is 32.2. The number of carbonyl (C=O) groups is 1. The molecule has 0 radical (unpaired) electrons. The molecule has 0 bridgehead atoms. The monoisotopic (exact) mass is 367 g/mol. The Morgan fingerprint density at radius 3 is 2.25 bits per heavy atom. The van der Waals surface area contributed by atoms with Crippen LogP contribution in [0.1, 0.15) is 38.5 Å². The van der Waals surface area contributed by atoms with Gasteiger partial charge in [-0.05, 0) is 44.6 Å². The van der Waals surface area contributed by atoms with E-state index in [1.54, 1.807) is 0 Å². The maximum Gasteiger partial charge on any atom is 0.412 e. The highest BCUT2D eigenvalue weighted by Gasteiger charge is 2.36. The summed E-state index contributed by atoms with van der Waals surface area (Å²) in [5.74, 6) is -0.516. The Hall–Kier alpha value is -1.35. The van der Waals surface area contributed by atoms with Crippen molar-refractivity contribution < 1.29 is 31.1 Å². The summed E-state index contributed by atoms with van der Waals surface area (Å²) in [4.78, 5) is 11.4. The number of alkyl halides is 3. The van der Waals surface area contributed by atoms with Crippen molar-refractivity contribution in [1.29, 1.82) is 0 Å². The first kappa shape index (κ1) is 19.0. The van der Waals surface area contributed by atoms with Crippen LogP contribution in [0.15, 0.2) is 22.6 Å². The van der Waals surface area contributed by atoms with Crippen LogP contribution in [0.4, 0.5) is 13.2 Å². The van der Waals surface area contributed by atoms with Crippen molar-refractivity contribution in [2.45, 2.75) is 50.7 Å². The number of hydrogen-bond acceptors (Lipinski definition) is 4. The average molecular weight is 367 g/mol. The summed E-state index contributed by atoms with van der Waals surface area (Å²) in [6.45, 7) is 0. The van der Waals surface area contributed by atoms with Gasteiger partial charge in [0.25, 0.3) is 0 Å². The van der Waals surface area contributed by atoms with E-state index in [1.807, 2.05) is 0 Å². The van der Waals surface area contributed by atoms with E-state index >= 15 is 0 Å². The molecule has 5 nitrogen and oxygen atoms in total. The third kappa shape index (κ3) is 4.60. The van der Waals surface area contributed by atoms with Crippen LogP contribution in [-0.4, -0.2) is 33.7 Å². The summed E-state index contributed by atoms with van der Waals surface area (Å²) >= 11 is 0. The molecule has 0 aromatic heterocycles. The zero-order chi connectivity index (χ0) is 18.0. The molecule has 0 saturated heterocycles. The lowest BCUT2D eigenvalue weighted by Gasteiger charge is -2.28. The van der Waals surface area contributed by atoms with Crippen molar-refractivity contribution >= 4 is 16.0 Å². The minimum atomic E-state index is -4.43. The van der Waals surface area contributed by atoms with Crippen LogP contribution in [0.5, 0.6) is 0 Å².